The van der Waals surface area contributed by atoms with Crippen molar-refractivity contribution in [3.63, 3.8) is 0 Å². The summed E-state index contributed by atoms with van der Waals surface area (Å²) in [6.07, 6.45) is 3.51. The molecule has 6 nitrogen and oxygen atoms in total. The maximum absolute atomic E-state index is 15.8. The van der Waals surface area contributed by atoms with E-state index in [0.717, 1.165) is 6.42 Å². The molecule has 1 aliphatic carbocycles. The zero-order valence-corrected chi connectivity index (χ0v) is 22.4. The van der Waals surface area contributed by atoms with Crippen molar-refractivity contribution in [3.05, 3.63) is 63.4 Å². The minimum absolute atomic E-state index is 0.0631. The molecule has 0 unspecified atom stereocenters. The number of fused-ring (bicyclic) bond motifs is 2. The van der Waals surface area contributed by atoms with Crippen molar-refractivity contribution < 1.29 is 19.1 Å². The zero-order chi connectivity index (χ0) is 26.5. The number of anilines is 1. The molecule has 9 heteroatoms. The van der Waals surface area contributed by atoms with E-state index in [0.29, 0.717) is 48.4 Å². The highest BCUT2D eigenvalue weighted by atomic mass is 35.5. The van der Waals surface area contributed by atoms with E-state index in [-0.39, 0.29) is 34.5 Å². The molecule has 37 heavy (non-hydrogen) atoms. The third kappa shape index (κ3) is 4.15. The summed E-state index contributed by atoms with van der Waals surface area (Å²) in [6.45, 7) is 3.96. The summed E-state index contributed by atoms with van der Waals surface area (Å²) in [5.41, 5.74) is -0.701. The van der Waals surface area contributed by atoms with Crippen LogP contribution in [-0.2, 0) is 15.0 Å². The van der Waals surface area contributed by atoms with Crippen LogP contribution < -0.4 is 16.0 Å². The Bertz CT molecular complexity index is 1240. The number of hydrogen-bond donors (Lipinski definition) is 4. The Labute approximate surface area is 226 Å². The van der Waals surface area contributed by atoms with E-state index >= 15 is 4.39 Å². The molecule has 2 fully saturated rings. The van der Waals surface area contributed by atoms with Gasteiger partial charge >= 0.3 is 0 Å². The number of amides is 2. The summed E-state index contributed by atoms with van der Waals surface area (Å²) in [4.78, 5) is 28.1. The van der Waals surface area contributed by atoms with Gasteiger partial charge in [-0.15, -0.1) is 0 Å². The predicted molar refractivity (Wildman–Crippen MR) is 143 cm³/mol. The second-order valence-corrected chi connectivity index (χ2v) is 11.6. The fourth-order valence-corrected chi connectivity index (χ4v) is 7.32. The van der Waals surface area contributed by atoms with Crippen LogP contribution in [0.25, 0.3) is 0 Å². The number of hydrogen-bond acceptors (Lipinski definition) is 4. The summed E-state index contributed by atoms with van der Waals surface area (Å²) in [6, 6.07) is 8.96. The fraction of sp³-hybridized carbons (Fsp3) is 0.500. The van der Waals surface area contributed by atoms with Crippen LogP contribution in [0.4, 0.5) is 10.1 Å². The van der Waals surface area contributed by atoms with E-state index < -0.39 is 28.7 Å². The molecule has 4 N–H and O–H groups in total. The van der Waals surface area contributed by atoms with E-state index in [1.54, 1.807) is 24.3 Å². The van der Waals surface area contributed by atoms with Crippen LogP contribution in [0.1, 0.15) is 69.4 Å². The highest BCUT2D eigenvalue weighted by molar-refractivity contribution is 6.31. The van der Waals surface area contributed by atoms with Gasteiger partial charge in [-0.1, -0.05) is 54.7 Å². The first-order chi connectivity index (χ1) is 17.6. The summed E-state index contributed by atoms with van der Waals surface area (Å²) in [5.74, 6) is -2.10. The molecular formula is C28H32Cl2FN3O3. The first-order valence-corrected chi connectivity index (χ1v) is 13.7. The van der Waals surface area contributed by atoms with Gasteiger partial charge in [0.25, 0.3) is 0 Å². The lowest BCUT2D eigenvalue weighted by Crippen LogP contribution is -2.57. The Morgan fingerprint density at radius 1 is 1.19 bits per heavy atom. The summed E-state index contributed by atoms with van der Waals surface area (Å²) < 4.78 is 15.8. The van der Waals surface area contributed by atoms with Crippen molar-refractivity contribution in [2.45, 2.75) is 87.4 Å². The van der Waals surface area contributed by atoms with Crippen LogP contribution in [0, 0.1) is 5.82 Å². The average molecular weight is 548 g/mol. The predicted octanol–water partition coefficient (Wildman–Crippen LogP) is 5.06. The van der Waals surface area contributed by atoms with Crippen LogP contribution in [0.3, 0.4) is 0 Å². The van der Waals surface area contributed by atoms with Crippen molar-refractivity contribution in [1.29, 1.82) is 0 Å². The van der Waals surface area contributed by atoms with Crippen molar-refractivity contribution in [2.24, 2.45) is 0 Å². The van der Waals surface area contributed by atoms with Gasteiger partial charge < -0.3 is 15.7 Å². The van der Waals surface area contributed by atoms with E-state index in [2.05, 4.69) is 16.0 Å². The Balaban J connectivity index is 1.69. The highest BCUT2D eigenvalue weighted by Crippen LogP contribution is 2.60. The molecule has 4 atom stereocenters. The van der Waals surface area contributed by atoms with Gasteiger partial charge in [0.15, 0.2) is 0 Å². The zero-order valence-electron chi connectivity index (χ0n) is 20.9. The topological polar surface area (TPSA) is 90.5 Å². The number of carbonyl (C=O) groups excluding carboxylic acids is 2. The molecule has 198 valence electrons. The van der Waals surface area contributed by atoms with Gasteiger partial charge in [0.1, 0.15) is 11.2 Å². The normalized spacial score (nSPS) is 32.9. The molecule has 3 aliphatic rings. The van der Waals surface area contributed by atoms with Gasteiger partial charge in [0.05, 0.1) is 17.2 Å². The molecule has 2 aromatic rings. The summed E-state index contributed by atoms with van der Waals surface area (Å²) in [5, 5.41) is 19.9. The van der Waals surface area contributed by atoms with Crippen LogP contribution >= 0.6 is 23.2 Å². The van der Waals surface area contributed by atoms with Crippen LogP contribution in [0.15, 0.2) is 36.4 Å². The molecule has 2 aromatic carbocycles. The van der Waals surface area contributed by atoms with Gasteiger partial charge in [-0.25, -0.2) is 4.39 Å². The molecule has 1 saturated carbocycles. The Hall–Kier alpha value is -2.19. The monoisotopic (exact) mass is 547 g/mol. The van der Waals surface area contributed by atoms with E-state index in [1.165, 1.54) is 6.07 Å². The molecule has 0 aromatic heterocycles. The van der Waals surface area contributed by atoms with Gasteiger partial charge in [0, 0.05) is 28.2 Å². The summed E-state index contributed by atoms with van der Waals surface area (Å²) >= 11 is 12.5. The average Bonchev–Trinajstić information content (AvgIpc) is 3.29. The minimum Gasteiger partial charge on any atom is -0.393 e. The minimum atomic E-state index is -1.29. The number of carbonyl (C=O) groups is 2. The molecule has 2 heterocycles. The third-order valence-electron chi connectivity index (χ3n) is 8.55. The maximum Gasteiger partial charge on any atom is 0.238 e. The fourth-order valence-electron chi connectivity index (χ4n) is 6.97. The SMILES string of the molecule is CCC[C@@]1(C)N[C@@H](C(=O)NC2CCC(O)CC2)[C@H](c2cccc(Cl)c2F)[C@]12C(=O)Nc1cc(Cl)ccc12. The molecule has 2 aliphatic heterocycles. The van der Waals surface area contributed by atoms with Crippen molar-refractivity contribution in [3.8, 4) is 0 Å². The molecule has 1 saturated heterocycles. The maximum atomic E-state index is 15.8. The quantitative estimate of drug-likeness (QED) is 0.421. The standard InChI is InChI=1S/C28H32Cl2FN3O3/c1-3-13-27(2)28(19-12-7-15(29)14-21(19)33-26(28)37)22(18-5-4-6-20(30)23(18)31)24(34-27)25(36)32-16-8-10-17(35)11-9-16/h4-7,12,14,16-17,22,24,34-35H,3,8-11,13H2,1-2H3,(H,32,36)(H,33,37)/t16?,17?,22-,24+,27+,28+/m0/s1. The number of aliphatic hydroxyl groups excluding tert-OH is 1. The smallest absolute Gasteiger partial charge is 0.238 e. The number of benzene rings is 2. The Morgan fingerprint density at radius 2 is 1.92 bits per heavy atom. The van der Waals surface area contributed by atoms with Crippen molar-refractivity contribution in [2.75, 3.05) is 5.32 Å². The van der Waals surface area contributed by atoms with Gasteiger partial charge in [0.2, 0.25) is 11.8 Å². The van der Waals surface area contributed by atoms with E-state index in [9.17, 15) is 14.7 Å². The number of nitrogens with one attached hydrogen (secondary N) is 3. The molecule has 0 radical (unpaired) electrons. The highest BCUT2D eigenvalue weighted by Gasteiger charge is 2.70. The molecule has 0 bridgehead atoms. The van der Waals surface area contributed by atoms with Crippen LogP contribution in [-0.4, -0.2) is 40.6 Å². The van der Waals surface area contributed by atoms with Gasteiger partial charge in [-0.2, -0.15) is 0 Å². The van der Waals surface area contributed by atoms with Crippen LogP contribution in [0.2, 0.25) is 10.0 Å². The first kappa shape index (κ1) is 26.4. The molecule has 5 rings (SSSR count). The molecule has 2 amide bonds. The van der Waals surface area contributed by atoms with Crippen LogP contribution in [0.5, 0.6) is 0 Å². The second-order valence-electron chi connectivity index (χ2n) is 10.8. The lowest BCUT2D eigenvalue weighted by atomic mass is 9.58. The molecular weight excluding hydrogens is 516 g/mol. The second kappa shape index (κ2) is 9.84. The third-order valence-corrected chi connectivity index (χ3v) is 9.08. The van der Waals surface area contributed by atoms with Crippen molar-refractivity contribution >= 4 is 40.7 Å². The van der Waals surface area contributed by atoms with E-state index in [4.69, 9.17) is 23.2 Å². The molecule has 1 spiro atoms. The van der Waals surface area contributed by atoms with Gasteiger partial charge in [-0.3, -0.25) is 14.9 Å². The lowest BCUT2D eigenvalue weighted by Gasteiger charge is -2.42. The number of rotatable bonds is 5. The first-order valence-electron chi connectivity index (χ1n) is 12.9. The Kier molecular flexibility index (Phi) is 7.03. The van der Waals surface area contributed by atoms with Gasteiger partial charge in [-0.05, 0) is 68.4 Å². The number of halogens is 3. The number of aliphatic hydroxyl groups is 1. The van der Waals surface area contributed by atoms with Crippen molar-refractivity contribution in [1.82, 2.24) is 10.6 Å². The Morgan fingerprint density at radius 3 is 2.62 bits per heavy atom. The summed E-state index contributed by atoms with van der Waals surface area (Å²) in [7, 11) is 0. The largest absolute Gasteiger partial charge is 0.393 e. The lowest BCUT2D eigenvalue weighted by molar-refractivity contribution is -0.124. The van der Waals surface area contributed by atoms with E-state index in [1.807, 2.05) is 19.9 Å².